The number of H-pyrrole nitrogens is 1. The molecule has 4 atom stereocenters. The van der Waals surface area contributed by atoms with Gasteiger partial charge in [-0.1, -0.05) is 6.92 Å². The Morgan fingerprint density at radius 1 is 1.37 bits per heavy atom. The molecule has 0 aromatic carbocycles. The average molecular weight is 268 g/mol. The Bertz CT molecular complexity index is 620. The number of nitrogens with zero attached hydrogens (tertiary/aromatic N) is 1. The summed E-state index contributed by atoms with van der Waals surface area (Å²) in [5.74, 6) is -0.221. The fourth-order valence-electron chi connectivity index (χ4n) is 2.44. The highest BCUT2D eigenvalue weighted by Gasteiger charge is 2.48. The predicted octanol–water partition coefficient (Wildman–Crippen LogP) is -0.395. The standard InChI is InChI=1S/C11H12N2O6/c1-5-8-6(4-17-11(16)19-8)18-9(5)13-3-2-7(14)12-10(13)15/h2-3,5-6,8-9H,4H2,1H3,(H,12,14,15)/t5-,6+,8-,9+/m0/s1. The first-order valence-electron chi connectivity index (χ1n) is 5.86. The minimum absolute atomic E-state index is 0.0996. The Morgan fingerprint density at radius 3 is 2.89 bits per heavy atom. The van der Waals surface area contributed by atoms with Gasteiger partial charge in [-0.3, -0.25) is 14.3 Å². The molecule has 102 valence electrons. The fraction of sp³-hybridized carbons (Fsp3) is 0.545. The number of rotatable bonds is 1. The van der Waals surface area contributed by atoms with Gasteiger partial charge >= 0.3 is 11.8 Å². The molecule has 2 aliphatic rings. The highest BCUT2D eigenvalue weighted by atomic mass is 16.8. The van der Waals surface area contributed by atoms with Gasteiger partial charge in [0.15, 0.2) is 0 Å². The number of nitrogens with one attached hydrogen (secondary N) is 1. The summed E-state index contributed by atoms with van der Waals surface area (Å²) in [6.45, 7) is 1.91. The van der Waals surface area contributed by atoms with Crippen LogP contribution in [0.25, 0.3) is 0 Å². The van der Waals surface area contributed by atoms with Crippen molar-refractivity contribution in [1.82, 2.24) is 9.55 Å². The monoisotopic (exact) mass is 268 g/mol. The molecule has 0 bridgehead atoms. The minimum Gasteiger partial charge on any atom is -0.431 e. The van der Waals surface area contributed by atoms with Crippen LogP contribution < -0.4 is 11.2 Å². The molecule has 2 saturated heterocycles. The molecule has 0 saturated carbocycles. The SMILES string of the molecule is C[C@H]1[C@@H]2OC(=O)OC[C@H]2O[C@H]1n1ccc(=O)[nH]c1=O. The Balaban J connectivity index is 1.92. The third kappa shape index (κ3) is 1.93. The van der Waals surface area contributed by atoms with Crippen LogP contribution >= 0.6 is 0 Å². The number of aromatic amines is 1. The first-order chi connectivity index (χ1) is 9.06. The number of carbonyl (C=O) groups excluding carboxylic acids is 1. The smallest absolute Gasteiger partial charge is 0.431 e. The van der Waals surface area contributed by atoms with Crippen molar-refractivity contribution in [1.29, 1.82) is 0 Å². The molecular weight excluding hydrogens is 256 g/mol. The Hall–Kier alpha value is -2.09. The van der Waals surface area contributed by atoms with Crippen LogP contribution in [0.5, 0.6) is 0 Å². The Labute approximate surface area is 106 Å². The number of ether oxygens (including phenoxy) is 3. The van der Waals surface area contributed by atoms with Crippen LogP contribution in [0.15, 0.2) is 21.9 Å². The topological polar surface area (TPSA) is 99.6 Å². The van der Waals surface area contributed by atoms with E-state index < -0.39 is 35.8 Å². The van der Waals surface area contributed by atoms with E-state index in [2.05, 4.69) is 4.98 Å². The second kappa shape index (κ2) is 4.23. The third-order valence-corrected chi connectivity index (χ3v) is 3.37. The Kier molecular flexibility index (Phi) is 2.67. The normalized spacial score (nSPS) is 33.4. The molecule has 3 heterocycles. The largest absolute Gasteiger partial charge is 0.508 e. The molecule has 0 amide bonds. The zero-order valence-corrected chi connectivity index (χ0v) is 10.1. The lowest BCUT2D eigenvalue weighted by molar-refractivity contribution is -0.0979. The van der Waals surface area contributed by atoms with Crippen LogP contribution in [0.2, 0.25) is 0 Å². The van der Waals surface area contributed by atoms with E-state index in [4.69, 9.17) is 14.2 Å². The maximum Gasteiger partial charge on any atom is 0.508 e. The molecule has 0 spiro atoms. The van der Waals surface area contributed by atoms with Crippen LogP contribution in [-0.2, 0) is 14.2 Å². The van der Waals surface area contributed by atoms with Crippen LogP contribution in [0, 0.1) is 5.92 Å². The van der Waals surface area contributed by atoms with Gasteiger partial charge in [0.2, 0.25) is 0 Å². The van der Waals surface area contributed by atoms with E-state index >= 15 is 0 Å². The van der Waals surface area contributed by atoms with E-state index in [-0.39, 0.29) is 12.5 Å². The third-order valence-electron chi connectivity index (χ3n) is 3.37. The summed E-state index contributed by atoms with van der Waals surface area (Å²) in [4.78, 5) is 36.0. The molecule has 2 aliphatic heterocycles. The molecule has 8 nitrogen and oxygen atoms in total. The molecule has 1 aromatic rings. The molecule has 2 fully saturated rings. The van der Waals surface area contributed by atoms with Gasteiger partial charge in [0, 0.05) is 18.2 Å². The van der Waals surface area contributed by atoms with E-state index in [1.165, 1.54) is 16.8 Å². The summed E-state index contributed by atoms with van der Waals surface area (Å²) in [6, 6.07) is 1.24. The lowest BCUT2D eigenvalue weighted by Crippen LogP contribution is -2.40. The van der Waals surface area contributed by atoms with Crippen LogP contribution in [-0.4, -0.2) is 34.5 Å². The summed E-state index contributed by atoms with van der Waals surface area (Å²) in [6.07, 6.45) is -0.830. The molecule has 0 radical (unpaired) electrons. The molecule has 3 rings (SSSR count). The second-order valence-electron chi connectivity index (χ2n) is 4.59. The summed E-state index contributed by atoms with van der Waals surface area (Å²) < 4.78 is 16.8. The number of hydrogen-bond acceptors (Lipinski definition) is 6. The van der Waals surface area contributed by atoms with Crippen molar-refractivity contribution in [2.45, 2.75) is 25.4 Å². The summed E-state index contributed by atoms with van der Waals surface area (Å²) >= 11 is 0. The first-order valence-corrected chi connectivity index (χ1v) is 5.86. The van der Waals surface area contributed by atoms with E-state index in [0.29, 0.717) is 0 Å². The predicted molar refractivity (Wildman–Crippen MR) is 60.6 cm³/mol. The lowest BCUT2D eigenvalue weighted by Gasteiger charge is -2.25. The quantitative estimate of drug-likeness (QED) is 0.696. The molecule has 19 heavy (non-hydrogen) atoms. The van der Waals surface area contributed by atoms with Crippen molar-refractivity contribution < 1.29 is 19.0 Å². The highest BCUT2D eigenvalue weighted by Crippen LogP contribution is 2.37. The zero-order chi connectivity index (χ0) is 13.6. The maximum absolute atomic E-state index is 11.7. The van der Waals surface area contributed by atoms with Gasteiger partial charge < -0.3 is 14.2 Å². The van der Waals surface area contributed by atoms with Crippen molar-refractivity contribution in [3.63, 3.8) is 0 Å². The van der Waals surface area contributed by atoms with Crippen molar-refractivity contribution in [3.8, 4) is 0 Å². The Morgan fingerprint density at radius 2 is 2.16 bits per heavy atom. The van der Waals surface area contributed by atoms with E-state index in [1.807, 2.05) is 6.92 Å². The number of cyclic esters (lactones) is 1. The van der Waals surface area contributed by atoms with Gasteiger partial charge in [-0.05, 0) is 0 Å². The average Bonchev–Trinajstić information content (AvgIpc) is 2.67. The number of hydrogen-bond donors (Lipinski definition) is 1. The van der Waals surface area contributed by atoms with Gasteiger partial charge in [0.1, 0.15) is 25.0 Å². The van der Waals surface area contributed by atoms with Gasteiger partial charge in [-0.25, -0.2) is 9.59 Å². The molecule has 8 heteroatoms. The molecule has 1 N–H and O–H groups in total. The van der Waals surface area contributed by atoms with Gasteiger partial charge in [0.05, 0.1) is 0 Å². The van der Waals surface area contributed by atoms with Crippen LogP contribution in [0.4, 0.5) is 4.79 Å². The lowest BCUT2D eigenvalue weighted by atomic mass is 10.0. The van der Waals surface area contributed by atoms with Gasteiger partial charge in [0.25, 0.3) is 5.56 Å². The first kappa shape index (κ1) is 12.0. The van der Waals surface area contributed by atoms with E-state index in [0.717, 1.165) is 0 Å². The number of carbonyl (C=O) groups is 1. The maximum atomic E-state index is 11.7. The second-order valence-corrected chi connectivity index (χ2v) is 4.59. The molecule has 0 unspecified atom stereocenters. The minimum atomic E-state index is -0.730. The van der Waals surface area contributed by atoms with Crippen molar-refractivity contribution in [2.24, 2.45) is 5.92 Å². The molecular formula is C11H12N2O6. The van der Waals surface area contributed by atoms with Crippen LogP contribution in [0.1, 0.15) is 13.2 Å². The van der Waals surface area contributed by atoms with Crippen molar-refractivity contribution in [3.05, 3.63) is 33.1 Å². The number of aromatic nitrogens is 2. The fourth-order valence-corrected chi connectivity index (χ4v) is 2.44. The van der Waals surface area contributed by atoms with E-state index in [1.54, 1.807) is 0 Å². The zero-order valence-electron chi connectivity index (χ0n) is 10.1. The summed E-state index contributed by atoms with van der Waals surface area (Å²) in [7, 11) is 0. The van der Waals surface area contributed by atoms with Crippen molar-refractivity contribution >= 4 is 6.16 Å². The van der Waals surface area contributed by atoms with Crippen LogP contribution in [0.3, 0.4) is 0 Å². The van der Waals surface area contributed by atoms with E-state index in [9.17, 15) is 14.4 Å². The van der Waals surface area contributed by atoms with Crippen molar-refractivity contribution in [2.75, 3.05) is 6.61 Å². The number of fused-ring (bicyclic) bond motifs is 1. The molecule has 0 aliphatic carbocycles. The highest BCUT2D eigenvalue weighted by molar-refractivity contribution is 5.61. The molecule has 1 aromatic heterocycles. The van der Waals surface area contributed by atoms with Gasteiger partial charge in [-0.15, -0.1) is 0 Å². The summed E-state index contributed by atoms with van der Waals surface area (Å²) in [5.41, 5.74) is -1.03. The van der Waals surface area contributed by atoms with Gasteiger partial charge in [-0.2, -0.15) is 0 Å². The summed E-state index contributed by atoms with van der Waals surface area (Å²) in [5, 5.41) is 0.